The average Bonchev–Trinajstić information content (AvgIpc) is 2.58. The van der Waals surface area contributed by atoms with Crippen LogP contribution >= 0.6 is 0 Å². The van der Waals surface area contributed by atoms with Crippen molar-refractivity contribution in [2.24, 2.45) is 5.92 Å². The lowest BCUT2D eigenvalue weighted by Gasteiger charge is -2.24. The average molecular weight is 354 g/mol. The normalized spacial score (nSPS) is 13.3. The van der Waals surface area contributed by atoms with Gasteiger partial charge in [-0.2, -0.15) is 0 Å². The minimum atomic E-state index is -0.548. The van der Waals surface area contributed by atoms with Gasteiger partial charge in [-0.15, -0.1) is 0 Å². The van der Waals surface area contributed by atoms with Crippen LogP contribution in [0.3, 0.4) is 0 Å². The monoisotopic (exact) mass is 353 g/mol. The van der Waals surface area contributed by atoms with Gasteiger partial charge in [0.25, 0.3) is 5.91 Å². The smallest absolute Gasteiger partial charge is 0.261 e. The highest BCUT2D eigenvalue weighted by atomic mass is 16.5. The molecule has 3 heteroatoms. The molecular weight excluding hydrogens is 322 g/mol. The third kappa shape index (κ3) is 5.35. The zero-order valence-corrected chi connectivity index (χ0v) is 16.8. The Morgan fingerprint density at radius 3 is 2.31 bits per heavy atom. The van der Waals surface area contributed by atoms with Gasteiger partial charge in [0, 0.05) is 0 Å². The molecule has 2 aromatic carbocycles. The summed E-state index contributed by atoms with van der Waals surface area (Å²) >= 11 is 0. The van der Waals surface area contributed by atoms with Crippen LogP contribution in [-0.4, -0.2) is 12.0 Å². The van der Waals surface area contributed by atoms with E-state index in [0.717, 1.165) is 28.9 Å². The van der Waals surface area contributed by atoms with E-state index in [9.17, 15) is 4.79 Å². The number of hydrogen-bond donors (Lipinski definition) is 1. The van der Waals surface area contributed by atoms with Gasteiger partial charge in [0.05, 0.1) is 6.04 Å². The van der Waals surface area contributed by atoms with Gasteiger partial charge in [-0.1, -0.05) is 50.2 Å². The summed E-state index contributed by atoms with van der Waals surface area (Å²) in [5.41, 5.74) is 4.52. The van der Waals surface area contributed by atoms with Crippen molar-refractivity contribution in [3.63, 3.8) is 0 Å². The van der Waals surface area contributed by atoms with Gasteiger partial charge in [-0.05, 0) is 68.4 Å². The molecule has 0 bridgehead atoms. The van der Waals surface area contributed by atoms with Crippen molar-refractivity contribution in [1.82, 2.24) is 5.32 Å². The molecule has 26 heavy (non-hydrogen) atoms. The number of ether oxygens (including phenoxy) is 1. The summed E-state index contributed by atoms with van der Waals surface area (Å²) < 4.78 is 6.00. The van der Waals surface area contributed by atoms with E-state index < -0.39 is 6.10 Å². The fourth-order valence-corrected chi connectivity index (χ4v) is 3.09. The first-order valence-electron chi connectivity index (χ1n) is 9.37. The SMILES string of the molecule is Cc1cc(C)c(C)c(O[C@H](C)C(=O)N[C@@H](CC(C)C)c2ccccc2)c1. The Morgan fingerprint density at radius 2 is 1.69 bits per heavy atom. The lowest BCUT2D eigenvalue weighted by molar-refractivity contribution is -0.128. The molecule has 2 atom stereocenters. The highest BCUT2D eigenvalue weighted by molar-refractivity contribution is 5.81. The minimum Gasteiger partial charge on any atom is -0.481 e. The summed E-state index contributed by atoms with van der Waals surface area (Å²) in [4.78, 5) is 12.8. The Labute approximate surface area is 157 Å². The van der Waals surface area contributed by atoms with Crippen LogP contribution < -0.4 is 10.1 Å². The number of aryl methyl sites for hydroxylation is 2. The molecule has 0 aliphatic heterocycles. The Hall–Kier alpha value is -2.29. The van der Waals surface area contributed by atoms with Crippen molar-refractivity contribution in [2.45, 2.75) is 60.1 Å². The highest BCUT2D eigenvalue weighted by Crippen LogP contribution is 2.25. The van der Waals surface area contributed by atoms with Crippen molar-refractivity contribution >= 4 is 5.91 Å². The van der Waals surface area contributed by atoms with Gasteiger partial charge in [0.1, 0.15) is 5.75 Å². The maximum Gasteiger partial charge on any atom is 0.261 e. The van der Waals surface area contributed by atoms with Gasteiger partial charge in [-0.3, -0.25) is 4.79 Å². The van der Waals surface area contributed by atoms with Crippen LogP contribution in [0.15, 0.2) is 42.5 Å². The standard InChI is InChI=1S/C23H31NO2/c1-15(2)12-21(20-10-8-7-9-11-20)24-23(25)19(6)26-22-14-16(3)13-17(4)18(22)5/h7-11,13-15,19,21H,12H2,1-6H3,(H,24,25)/t19-,21+/m1/s1. The van der Waals surface area contributed by atoms with Gasteiger partial charge in [0.2, 0.25) is 0 Å². The Morgan fingerprint density at radius 1 is 1.04 bits per heavy atom. The van der Waals surface area contributed by atoms with Crippen LogP contribution in [0.1, 0.15) is 55.5 Å². The maximum atomic E-state index is 12.8. The summed E-state index contributed by atoms with van der Waals surface area (Å²) in [6.45, 7) is 12.3. The zero-order valence-electron chi connectivity index (χ0n) is 16.8. The van der Waals surface area contributed by atoms with Gasteiger partial charge >= 0.3 is 0 Å². The van der Waals surface area contributed by atoms with E-state index in [1.165, 1.54) is 5.56 Å². The number of hydrogen-bond acceptors (Lipinski definition) is 2. The van der Waals surface area contributed by atoms with Crippen LogP contribution in [0.4, 0.5) is 0 Å². The maximum absolute atomic E-state index is 12.8. The molecule has 0 aliphatic carbocycles. The second kappa shape index (κ2) is 8.88. The lowest BCUT2D eigenvalue weighted by atomic mass is 9.97. The molecule has 0 unspecified atom stereocenters. The van der Waals surface area contributed by atoms with Gasteiger partial charge < -0.3 is 10.1 Å². The Kier molecular flexibility index (Phi) is 6.84. The zero-order chi connectivity index (χ0) is 19.3. The number of carbonyl (C=O) groups is 1. The van der Waals surface area contributed by atoms with E-state index in [2.05, 4.69) is 44.3 Å². The fraction of sp³-hybridized carbons (Fsp3) is 0.435. The highest BCUT2D eigenvalue weighted by Gasteiger charge is 2.21. The molecule has 0 aromatic heterocycles. The molecule has 0 radical (unpaired) electrons. The molecular formula is C23H31NO2. The summed E-state index contributed by atoms with van der Waals surface area (Å²) in [5, 5.41) is 3.17. The Balaban J connectivity index is 2.11. The van der Waals surface area contributed by atoms with Crippen molar-refractivity contribution in [1.29, 1.82) is 0 Å². The van der Waals surface area contributed by atoms with Crippen molar-refractivity contribution < 1.29 is 9.53 Å². The van der Waals surface area contributed by atoms with E-state index in [0.29, 0.717) is 5.92 Å². The molecule has 1 amide bonds. The van der Waals surface area contributed by atoms with Crippen LogP contribution in [0, 0.1) is 26.7 Å². The fourth-order valence-electron chi connectivity index (χ4n) is 3.09. The van der Waals surface area contributed by atoms with Crippen LogP contribution in [0.25, 0.3) is 0 Å². The van der Waals surface area contributed by atoms with E-state index >= 15 is 0 Å². The molecule has 3 nitrogen and oxygen atoms in total. The summed E-state index contributed by atoms with van der Waals surface area (Å²) in [7, 11) is 0. The minimum absolute atomic E-state index is 0.00454. The summed E-state index contributed by atoms with van der Waals surface area (Å²) in [6.07, 6.45) is 0.346. The molecule has 2 aromatic rings. The topological polar surface area (TPSA) is 38.3 Å². The number of amides is 1. The van der Waals surface area contributed by atoms with E-state index in [1.807, 2.05) is 45.0 Å². The first-order chi connectivity index (χ1) is 12.3. The molecule has 140 valence electrons. The van der Waals surface area contributed by atoms with Crippen LogP contribution in [0.2, 0.25) is 0 Å². The number of nitrogens with one attached hydrogen (secondary N) is 1. The predicted octanol–water partition coefficient (Wildman–Crippen LogP) is 5.28. The second-order valence-electron chi connectivity index (χ2n) is 7.57. The molecule has 0 saturated heterocycles. The largest absolute Gasteiger partial charge is 0.481 e. The van der Waals surface area contributed by atoms with Crippen LogP contribution in [0.5, 0.6) is 5.75 Å². The number of benzene rings is 2. The van der Waals surface area contributed by atoms with Gasteiger partial charge in [0.15, 0.2) is 6.10 Å². The summed E-state index contributed by atoms with van der Waals surface area (Å²) in [5.74, 6) is 1.18. The molecule has 1 N–H and O–H groups in total. The summed E-state index contributed by atoms with van der Waals surface area (Å²) in [6, 6.07) is 14.2. The van der Waals surface area contributed by atoms with E-state index in [-0.39, 0.29) is 11.9 Å². The first kappa shape index (κ1) is 20.0. The molecule has 2 rings (SSSR count). The number of carbonyl (C=O) groups excluding carboxylic acids is 1. The number of rotatable bonds is 7. The van der Waals surface area contributed by atoms with Crippen LogP contribution in [-0.2, 0) is 4.79 Å². The molecule has 0 saturated carbocycles. The first-order valence-corrected chi connectivity index (χ1v) is 9.37. The van der Waals surface area contributed by atoms with Crippen molar-refractivity contribution in [3.05, 3.63) is 64.7 Å². The van der Waals surface area contributed by atoms with Gasteiger partial charge in [-0.25, -0.2) is 0 Å². The third-order valence-corrected chi connectivity index (χ3v) is 4.66. The third-order valence-electron chi connectivity index (χ3n) is 4.66. The van der Waals surface area contributed by atoms with Crippen molar-refractivity contribution in [3.8, 4) is 5.75 Å². The van der Waals surface area contributed by atoms with E-state index in [1.54, 1.807) is 0 Å². The lowest BCUT2D eigenvalue weighted by Crippen LogP contribution is -2.39. The molecule has 0 fully saturated rings. The predicted molar refractivity (Wildman–Crippen MR) is 108 cm³/mol. The second-order valence-corrected chi connectivity index (χ2v) is 7.57. The molecule has 0 spiro atoms. The Bertz CT molecular complexity index is 737. The van der Waals surface area contributed by atoms with E-state index in [4.69, 9.17) is 4.74 Å². The molecule has 0 aliphatic rings. The van der Waals surface area contributed by atoms with Crippen molar-refractivity contribution in [2.75, 3.05) is 0 Å². The molecule has 0 heterocycles. The quantitative estimate of drug-likeness (QED) is 0.735.